The highest BCUT2D eigenvalue weighted by Gasteiger charge is 2.29. The van der Waals surface area contributed by atoms with E-state index in [0.29, 0.717) is 17.3 Å². The molecule has 1 saturated carbocycles. The number of nitrogens with one attached hydrogen (secondary N) is 1. The maximum Gasteiger partial charge on any atom is 0.230 e. The summed E-state index contributed by atoms with van der Waals surface area (Å²) in [6, 6.07) is 7.42. The Morgan fingerprint density at radius 3 is 2.55 bits per heavy atom. The highest BCUT2D eigenvalue weighted by molar-refractivity contribution is 8.00. The number of benzene rings is 1. The molecule has 5 heteroatoms. The highest BCUT2D eigenvalue weighted by atomic mass is 35.5. The van der Waals surface area contributed by atoms with Gasteiger partial charge in [-0.2, -0.15) is 0 Å². The van der Waals surface area contributed by atoms with E-state index in [0.717, 1.165) is 30.6 Å². The predicted molar refractivity (Wildman–Crippen MR) is 83.2 cm³/mol. The Balaban J connectivity index is 1.71. The zero-order valence-corrected chi connectivity index (χ0v) is 13.0. The van der Waals surface area contributed by atoms with Crippen LogP contribution in [0, 0.1) is 0 Å². The van der Waals surface area contributed by atoms with E-state index in [1.54, 1.807) is 0 Å². The zero-order chi connectivity index (χ0) is 14.4. The Bertz CT molecular complexity index is 444. The number of thioether (sulfide) groups is 1. The monoisotopic (exact) mass is 313 g/mol. The normalized spacial score (nSPS) is 17.7. The number of aliphatic hydroxyl groups is 1. The largest absolute Gasteiger partial charge is 0.388 e. The van der Waals surface area contributed by atoms with Crippen molar-refractivity contribution in [2.75, 3.05) is 12.3 Å². The van der Waals surface area contributed by atoms with E-state index in [-0.39, 0.29) is 5.91 Å². The number of halogens is 1. The van der Waals surface area contributed by atoms with Crippen molar-refractivity contribution in [3.05, 3.63) is 29.3 Å². The standard InChI is InChI=1S/C15H20ClNO2S/c16-12-4-6-13(7-5-12)20-10-14(18)17-11-15(19)8-2-1-3-9-15/h4-7,19H,1-3,8-11H2,(H,17,18). The van der Waals surface area contributed by atoms with Crippen LogP contribution in [0.15, 0.2) is 29.2 Å². The van der Waals surface area contributed by atoms with Crippen molar-refractivity contribution in [1.82, 2.24) is 5.32 Å². The first kappa shape index (κ1) is 15.7. The van der Waals surface area contributed by atoms with Crippen LogP contribution >= 0.6 is 23.4 Å². The van der Waals surface area contributed by atoms with E-state index >= 15 is 0 Å². The smallest absolute Gasteiger partial charge is 0.230 e. The molecule has 0 spiro atoms. The summed E-state index contributed by atoms with van der Waals surface area (Å²) in [5.74, 6) is 0.321. The minimum atomic E-state index is -0.696. The topological polar surface area (TPSA) is 49.3 Å². The molecule has 0 saturated heterocycles. The maximum atomic E-state index is 11.8. The van der Waals surface area contributed by atoms with Gasteiger partial charge in [-0.15, -0.1) is 11.8 Å². The van der Waals surface area contributed by atoms with Crippen LogP contribution in [0.4, 0.5) is 0 Å². The first-order chi connectivity index (χ1) is 9.57. The Labute approximate surface area is 129 Å². The number of amides is 1. The van der Waals surface area contributed by atoms with Crippen LogP contribution in [0.1, 0.15) is 32.1 Å². The van der Waals surface area contributed by atoms with Gasteiger partial charge in [0.2, 0.25) is 5.91 Å². The van der Waals surface area contributed by atoms with Gasteiger partial charge >= 0.3 is 0 Å². The summed E-state index contributed by atoms with van der Waals surface area (Å²) in [4.78, 5) is 12.8. The van der Waals surface area contributed by atoms with Crippen molar-refractivity contribution < 1.29 is 9.90 Å². The quantitative estimate of drug-likeness (QED) is 0.820. The lowest BCUT2D eigenvalue weighted by Crippen LogP contribution is -2.44. The molecule has 20 heavy (non-hydrogen) atoms. The van der Waals surface area contributed by atoms with E-state index in [4.69, 9.17) is 11.6 Å². The molecule has 1 aromatic rings. The Kier molecular flexibility index (Phi) is 5.75. The molecule has 1 fully saturated rings. The summed E-state index contributed by atoms with van der Waals surface area (Å²) < 4.78 is 0. The number of carbonyl (C=O) groups excluding carboxylic acids is 1. The van der Waals surface area contributed by atoms with Crippen LogP contribution in [0.5, 0.6) is 0 Å². The average molecular weight is 314 g/mol. The van der Waals surface area contributed by atoms with E-state index in [9.17, 15) is 9.90 Å². The molecule has 0 bridgehead atoms. The van der Waals surface area contributed by atoms with Crippen LogP contribution in [-0.2, 0) is 4.79 Å². The molecular weight excluding hydrogens is 294 g/mol. The van der Waals surface area contributed by atoms with Crippen LogP contribution in [0.25, 0.3) is 0 Å². The highest BCUT2D eigenvalue weighted by Crippen LogP contribution is 2.27. The summed E-state index contributed by atoms with van der Waals surface area (Å²) in [5.41, 5.74) is -0.696. The van der Waals surface area contributed by atoms with Crippen molar-refractivity contribution in [2.24, 2.45) is 0 Å². The van der Waals surface area contributed by atoms with Crippen LogP contribution in [0.3, 0.4) is 0 Å². The van der Waals surface area contributed by atoms with Gasteiger partial charge in [-0.05, 0) is 37.1 Å². The SMILES string of the molecule is O=C(CSc1ccc(Cl)cc1)NCC1(O)CCCCC1. The third-order valence-electron chi connectivity index (χ3n) is 3.58. The minimum Gasteiger partial charge on any atom is -0.388 e. The Morgan fingerprint density at radius 2 is 1.90 bits per heavy atom. The Morgan fingerprint density at radius 1 is 1.25 bits per heavy atom. The third kappa shape index (κ3) is 5.00. The van der Waals surface area contributed by atoms with Crippen LogP contribution in [-0.4, -0.2) is 28.9 Å². The third-order valence-corrected chi connectivity index (χ3v) is 4.85. The molecule has 0 radical (unpaired) electrons. The molecule has 1 aliphatic rings. The van der Waals surface area contributed by atoms with Gasteiger partial charge in [0.15, 0.2) is 0 Å². The lowest BCUT2D eigenvalue weighted by molar-refractivity contribution is -0.120. The molecule has 2 rings (SSSR count). The van der Waals surface area contributed by atoms with Crippen molar-refractivity contribution >= 4 is 29.3 Å². The number of carbonyl (C=O) groups is 1. The van der Waals surface area contributed by atoms with Gasteiger partial charge in [0.25, 0.3) is 0 Å². The molecule has 1 aromatic carbocycles. The van der Waals surface area contributed by atoms with Gasteiger partial charge in [-0.1, -0.05) is 30.9 Å². The fraction of sp³-hybridized carbons (Fsp3) is 0.533. The van der Waals surface area contributed by atoms with Gasteiger partial charge in [0, 0.05) is 16.5 Å². The molecule has 0 atom stereocenters. The molecular formula is C15H20ClNO2S. The first-order valence-corrected chi connectivity index (χ1v) is 8.31. The summed E-state index contributed by atoms with van der Waals surface area (Å²) in [5, 5.41) is 13.8. The van der Waals surface area contributed by atoms with Crippen molar-refractivity contribution in [1.29, 1.82) is 0 Å². The number of rotatable bonds is 5. The summed E-state index contributed by atoms with van der Waals surface area (Å²) in [6.45, 7) is 0.368. The minimum absolute atomic E-state index is 0.0380. The molecule has 0 unspecified atom stereocenters. The van der Waals surface area contributed by atoms with Crippen molar-refractivity contribution in [2.45, 2.75) is 42.6 Å². The fourth-order valence-corrected chi connectivity index (χ4v) is 3.23. The second-order valence-corrected chi connectivity index (χ2v) is 6.79. The van der Waals surface area contributed by atoms with Crippen molar-refractivity contribution in [3.8, 4) is 0 Å². The lowest BCUT2D eigenvalue weighted by Gasteiger charge is -2.32. The molecule has 1 amide bonds. The second-order valence-electron chi connectivity index (χ2n) is 5.30. The van der Waals surface area contributed by atoms with Crippen LogP contribution < -0.4 is 5.32 Å². The van der Waals surface area contributed by atoms with E-state index in [2.05, 4.69) is 5.32 Å². The molecule has 0 aromatic heterocycles. The van der Waals surface area contributed by atoms with Gasteiger partial charge < -0.3 is 10.4 Å². The average Bonchev–Trinajstić information content (AvgIpc) is 2.45. The van der Waals surface area contributed by atoms with E-state index in [1.165, 1.54) is 18.2 Å². The molecule has 110 valence electrons. The zero-order valence-electron chi connectivity index (χ0n) is 11.4. The van der Waals surface area contributed by atoms with Gasteiger partial charge in [-0.3, -0.25) is 4.79 Å². The fourth-order valence-electron chi connectivity index (χ4n) is 2.38. The number of hydrogen-bond acceptors (Lipinski definition) is 3. The predicted octanol–water partition coefficient (Wildman–Crippen LogP) is 3.24. The lowest BCUT2D eigenvalue weighted by atomic mass is 9.85. The maximum absolute atomic E-state index is 11.8. The van der Waals surface area contributed by atoms with Crippen LogP contribution in [0.2, 0.25) is 5.02 Å². The van der Waals surface area contributed by atoms with Gasteiger partial charge in [0.1, 0.15) is 0 Å². The van der Waals surface area contributed by atoms with E-state index < -0.39 is 5.60 Å². The number of hydrogen-bond donors (Lipinski definition) is 2. The second kappa shape index (κ2) is 7.34. The van der Waals surface area contributed by atoms with E-state index in [1.807, 2.05) is 24.3 Å². The van der Waals surface area contributed by atoms with Gasteiger partial charge in [0.05, 0.1) is 11.4 Å². The molecule has 3 nitrogen and oxygen atoms in total. The summed E-state index contributed by atoms with van der Waals surface area (Å²) >= 11 is 7.28. The molecule has 2 N–H and O–H groups in total. The molecule has 0 aliphatic heterocycles. The van der Waals surface area contributed by atoms with Gasteiger partial charge in [-0.25, -0.2) is 0 Å². The first-order valence-electron chi connectivity index (χ1n) is 6.95. The molecule has 0 heterocycles. The van der Waals surface area contributed by atoms with Crippen molar-refractivity contribution in [3.63, 3.8) is 0 Å². The summed E-state index contributed by atoms with van der Waals surface area (Å²) in [7, 11) is 0. The summed E-state index contributed by atoms with van der Waals surface area (Å²) in [6.07, 6.45) is 4.86. The molecule has 1 aliphatic carbocycles. The Hall–Kier alpha value is -0.710.